The van der Waals surface area contributed by atoms with Crippen molar-refractivity contribution >= 4 is 7.28 Å². The van der Waals surface area contributed by atoms with Crippen LogP contribution in [0.3, 0.4) is 0 Å². The van der Waals surface area contributed by atoms with Crippen LogP contribution in [0.5, 0.6) is 0 Å². The molecule has 0 aliphatic rings. The van der Waals surface area contributed by atoms with Crippen LogP contribution < -0.4 is 0 Å². The summed E-state index contributed by atoms with van der Waals surface area (Å²) in [7, 11) is 2.26. The maximum atomic E-state index is 4.04. The second-order valence-corrected chi connectivity index (χ2v) is 4.36. The highest BCUT2D eigenvalue weighted by Crippen LogP contribution is 2.13. The smallest absolute Gasteiger partial charge is 0.116 e. The SMILES string of the molecule is C=C([B]C(C)C)CCCC(C)C. The van der Waals surface area contributed by atoms with Crippen LogP contribution >= 0.6 is 0 Å². The quantitative estimate of drug-likeness (QED) is 0.524. The summed E-state index contributed by atoms with van der Waals surface area (Å²) in [4.78, 5) is 0. The van der Waals surface area contributed by atoms with E-state index in [1.165, 1.54) is 24.7 Å². The zero-order chi connectivity index (χ0) is 9.56. The lowest BCUT2D eigenvalue weighted by atomic mass is 9.59. The van der Waals surface area contributed by atoms with Crippen molar-refractivity contribution in [1.29, 1.82) is 0 Å². The highest BCUT2D eigenvalue weighted by Gasteiger charge is 2.01. The van der Waals surface area contributed by atoms with E-state index in [1.54, 1.807) is 0 Å². The topological polar surface area (TPSA) is 0 Å². The normalized spacial score (nSPS) is 10.8. The summed E-state index contributed by atoms with van der Waals surface area (Å²) in [5.41, 5.74) is 1.31. The first-order valence-corrected chi connectivity index (χ1v) is 5.05. The van der Waals surface area contributed by atoms with E-state index < -0.39 is 0 Å². The fourth-order valence-electron chi connectivity index (χ4n) is 1.29. The summed E-state index contributed by atoms with van der Waals surface area (Å²) in [6.07, 6.45) is 3.79. The van der Waals surface area contributed by atoms with Gasteiger partial charge in [-0.05, 0) is 12.3 Å². The van der Waals surface area contributed by atoms with Crippen molar-refractivity contribution in [3.8, 4) is 0 Å². The molecule has 0 nitrogen and oxygen atoms in total. The van der Waals surface area contributed by atoms with Crippen molar-refractivity contribution in [1.82, 2.24) is 0 Å². The van der Waals surface area contributed by atoms with Crippen molar-refractivity contribution in [2.45, 2.75) is 52.8 Å². The lowest BCUT2D eigenvalue weighted by molar-refractivity contribution is 0.558. The zero-order valence-electron chi connectivity index (χ0n) is 9.06. The van der Waals surface area contributed by atoms with E-state index >= 15 is 0 Å². The summed E-state index contributed by atoms with van der Waals surface area (Å²) in [5.74, 6) is 1.48. The molecule has 0 spiro atoms. The van der Waals surface area contributed by atoms with Crippen LogP contribution in [0.25, 0.3) is 0 Å². The largest absolute Gasteiger partial charge is 0.147 e. The molecular formula is C11H22B. The number of hydrogen-bond donors (Lipinski definition) is 0. The van der Waals surface area contributed by atoms with Gasteiger partial charge in [-0.25, -0.2) is 0 Å². The second-order valence-electron chi connectivity index (χ2n) is 4.36. The van der Waals surface area contributed by atoms with E-state index in [4.69, 9.17) is 0 Å². The van der Waals surface area contributed by atoms with Gasteiger partial charge in [0, 0.05) is 0 Å². The molecule has 0 atom stereocenters. The fraction of sp³-hybridized carbons (Fsp3) is 0.818. The number of hydrogen-bond acceptors (Lipinski definition) is 0. The van der Waals surface area contributed by atoms with E-state index in [1.807, 2.05) is 0 Å². The third-order valence-corrected chi connectivity index (χ3v) is 1.85. The Hall–Kier alpha value is -0.195. The highest BCUT2D eigenvalue weighted by atomic mass is 14.0. The maximum Gasteiger partial charge on any atom is 0.147 e. The summed E-state index contributed by atoms with van der Waals surface area (Å²) in [5, 5.41) is 0. The Balaban J connectivity index is 3.32. The second kappa shape index (κ2) is 6.34. The highest BCUT2D eigenvalue weighted by molar-refractivity contribution is 6.46. The first-order valence-electron chi connectivity index (χ1n) is 5.05. The molecule has 0 amide bonds. The molecule has 0 aromatic heterocycles. The zero-order valence-corrected chi connectivity index (χ0v) is 9.06. The molecule has 1 heteroatoms. The molecule has 0 fully saturated rings. The van der Waals surface area contributed by atoms with Crippen molar-refractivity contribution in [3.05, 3.63) is 12.1 Å². The molecule has 0 rings (SSSR count). The molecule has 69 valence electrons. The standard InChI is InChI=1S/C11H22B/c1-9(2)7-6-8-11(5)12-10(3)4/h9-10H,5-8H2,1-4H3. The van der Waals surface area contributed by atoms with Gasteiger partial charge < -0.3 is 0 Å². The van der Waals surface area contributed by atoms with E-state index in [2.05, 4.69) is 41.6 Å². The van der Waals surface area contributed by atoms with Gasteiger partial charge in [0.05, 0.1) is 0 Å². The molecule has 0 bridgehead atoms. The van der Waals surface area contributed by atoms with Crippen LogP contribution in [0.4, 0.5) is 0 Å². The molecule has 0 aliphatic heterocycles. The van der Waals surface area contributed by atoms with Gasteiger partial charge in [-0.3, -0.25) is 0 Å². The average Bonchev–Trinajstić information content (AvgIpc) is 1.84. The molecule has 1 radical (unpaired) electrons. The number of allylic oxidation sites excluding steroid dienone is 1. The third-order valence-electron chi connectivity index (χ3n) is 1.85. The summed E-state index contributed by atoms with van der Waals surface area (Å²) < 4.78 is 0. The van der Waals surface area contributed by atoms with Gasteiger partial charge in [-0.2, -0.15) is 0 Å². The first kappa shape index (κ1) is 11.8. The van der Waals surface area contributed by atoms with Crippen LogP contribution in [-0.2, 0) is 0 Å². The molecule has 0 heterocycles. The maximum absolute atomic E-state index is 4.04. The van der Waals surface area contributed by atoms with Crippen LogP contribution in [0, 0.1) is 5.92 Å². The summed E-state index contributed by atoms with van der Waals surface area (Å²) >= 11 is 0. The Morgan fingerprint density at radius 1 is 1.25 bits per heavy atom. The molecule has 12 heavy (non-hydrogen) atoms. The molecule has 0 N–H and O–H groups in total. The molecule has 0 aromatic carbocycles. The van der Waals surface area contributed by atoms with Crippen molar-refractivity contribution in [3.63, 3.8) is 0 Å². The third kappa shape index (κ3) is 7.91. The van der Waals surface area contributed by atoms with Gasteiger partial charge in [-0.15, -0.1) is 12.1 Å². The Morgan fingerprint density at radius 2 is 1.83 bits per heavy atom. The lowest BCUT2D eigenvalue weighted by Crippen LogP contribution is -2.00. The molecular weight excluding hydrogens is 143 g/mol. The minimum atomic E-state index is 0.650. The summed E-state index contributed by atoms with van der Waals surface area (Å²) in [6.45, 7) is 13.0. The van der Waals surface area contributed by atoms with Crippen LogP contribution in [-0.4, -0.2) is 7.28 Å². The Morgan fingerprint density at radius 3 is 2.25 bits per heavy atom. The van der Waals surface area contributed by atoms with Crippen LogP contribution in [0.2, 0.25) is 5.82 Å². The minimum absolute atomic E-state index is 0.650. The van der Waals surface area contributed by atoms with E-state index in [9.17, 15) is 0 Å². The van der Waals surface area contributed by atoms with E-state index in [0.29, 0.717) is 5.82 Å². The van der Waals surface area contributed by atoms with Crippen LogP contribution in [0.15, 0.2) is 12.1 Å². The minimum Gasteiger partial charge on any atom is -0.116 e. The molecule has 0 aromatic rings. The van der Waals surface area contributed by atoms with Gasteiger partial charge in [0.25, 0.3) is 0 Å². The van der Waals surface area contributed by atoms with Gasteiger partial charge in [0.2, 0.25) is 0 Å². The first-order chi connectivity index (χ1) is 5.52. The molecule has 0 aliphatic carbocycles. The van der Waals surface area contributed by atoms with Gasteiger partial charge in [0.1, 0.15) is 7.28 Å². The van der Waals surface area contributed by atoms with Gasteiger partial charge in [0.15, 0.2) is 0 Å². The van der Waals surface area contributed by atoms with Gasteiger partial charge >= 0.3 is 0 Å². The lowest BCUT2D eigenvalue weighted by Gasteiger charge is -2.08. The molecule has 0 unspecified atom stereocenters. The number of rotatable bonds is 6. The Bertz CT molecular complexity index is 125. The van der Waals surface area contributed by atoms with E-state index in [0.717, 1.165) is 5.92 Å². The molecule has 0 saturated carbocycles. The predicted octanol–water partition coefficient (Wildman–Crippen LogP) is 3.86. The van der Waals surface area contributed by atoms with E-state index in [-0.39, 0.29) is 0 Å². The Kier molecular flexibility index (Phi) is 6.23. The van der Waals surface area contributed by atoms with Crippen molar-refractivity contribution in [2.75, 3.05) is 0 Å². The monoisotopic (exact) mass is 165 g/mol. The van der Waals surface area contributed by atoms with Crippen molar-refractivity contribution in [2.24, 2.45) is 5.92 Å². The van der Waals surface area contributed by atoms with Gasteiger partial charge in [-0.1, -0.05) is 46.4 Å². The van der Waals surface area contributed by atoms with Crippen molar-refractivity contribution < 1.29 is 0 Å². The predicted molar refractivity (Wildman–Crippen MR) is 58.7 cm³/mol. The molecule has 0 saturated heterocycles. The fourth-order valence-corrected chi connectivity index (χ4v) is 1.29. The average molecular weight is 165 g/mol. The van der Waals surface area contributed by atoms with Crippen LogP contribution in [0.1, 0.15) is 47.0 Å². The summed E-state index contributed by atoms with van der Waals surface area (Å²) in [6, 6.07) is 0. The Labute approximate surface area is 78.7 Å².